The number of allylic oxidation sites excluding steroid dienone is 1. The van der Waals surface area contributed by atoms with Gasteiger partial charge in [0.15, 0.2) is 5.82 Å². The first-order valence-electron chi connectivity index (χ1n) is 9.28. The zero-order valence-electron chi connectivity index (χ0n) is 16.7. The van der Waals surface area contributed by atoms with Gasteiger partial charge in [-0.15, -0.1) is 5.10 Å². The van der Waals surface area contributed by atoms with Crippen LogP contribution in [0, 0.1) is 25.2 Å². The minimum Gasteiger partial charge on any atom is -0.510 e. The highest BCUT2D eigenvalue weighted by atomic mass is 32.2. The highest BCUT2D eigenvalue weighted by Gasteiger charge is 2.22. The SMILES string of the molecule is Cc1cc(C)cc(-n2nnnc2S[C@H](C)/C(O)=C(\C#N)c2nc3ccccc3[nH]2)c1. The van der Waals surface area contributed by atoms with Gasteiger partial charge in [0, 0.05) is 0 Å². The third-order valence-electron chi connectivity index (χ3n) is 4.55. The molecule has 0 aliphatic rings. The Hall–Kier alpha value is -3.64. The highest BCUT2D eigenvalue weighted by molar-refractivity contribution is 7.99. The van der Waals surface area contributed by atoms with E-state index in [1.807, 2.05) is 50.2 Å². The second-order valence-corrected chi connectivity index (χ2v) is 8.26. The van der Waals surface area contributed by atoms with Crippen LogP contribution < -0.4 is 0 Å². The topological polar surface area (TPSA) is 116 Å². The monoisotopic (exact) mass is 417 g/mol. The number of imidazole rings is 1. The summed E-state index contributed by atoms with van der Waals surface area (Å²) >= 11 is 1.26. The molecule has 2 aromatic heterocycles. The molecule has 0 saturated carbocycles. The van der Waals surface area contributed by atoms with Gasteiger partial charge in [0.05, 0.1) is 22.0 Å². The van der Waals surface area contributed by atoms with Crippen LogP contribution in [0.2, 0.25) is 0 Å². The fourth-order valence-electron chi connectivity index (χ4n) is 3.21. The first kappa shape index (κ1) is 19.7. The number of tetrazole rings is 1. The molecule has 0 fully saturated rings. The molecule has 0 unspecified atom stereocenters. The predicted octanol–water partition coefficient (Wildman–Crippen LogP) is 4.13. The van der Waals surface area contributed by atoms with Crippen LogP contribution in [0.25, 0.3) is 22.3 Å². The van der Waals surface area contributed by atoms with Crippen LogP contribution >= 0.6 is 11.8 Å². The Morgan fingerprint density at radius 2 is 1.93 bits per heavy atom. The van der Waals surface area contributed by atoms with E-state index in [-0.39, 0.29) is 11.3 Å². The van der Waals surface area contributed by atoms with Gasteiger partial charge in [-0.2, -0.15) is 9.94 Å². The highest BCUT2D eigenvalue weighted by Crippen LogP contribution is 2.30. The number of aromatic nitrogens is 6. The van der Waals surface area contributed by atoms with E-state index in [0.29, 0.717) is 11.0 Å². The standard InChI is InChI=1S/C21H19N7OS/c1-12-8-13(2)10-15(9-12)28-21(25-26-27-28)30-14(3)19(29)16(11-22)20-23-17-6-4-5-7-18(17)24-20/h4-10,14,29H,1-3H3,(H,23,24)/b19-16-/t14-/m1/s1. The number of aliphatic hydroxyl groups excluding tert-OH is 1. The Morgan fingerprint density at radius 3 is 2.63 bits per heavy atom. The average Bonchev–Trinajstić information content (AvgIpc) is 3.34. The van der Waals surface area contributed by atoms with Gasteiger partial charge in [-0.25, -0.2) is 4.98 Å². The summed E-state index contributed by atoms with van der Waals surface area (Å²) in [6, 6.07) is 15.6. The second kappa shape index (κ2) is 8.00. The Balaban J connectivity index is 1.66. The summed E-state index contributed by atoms with van der Waals surface area (Å²) in [7, 11) is 0. The molecule has 2 heterocycles. The molecule has 0 amide bonds. The van der Waals surface area contributed by atoms with Gasteiger partial charge in [-0.3, -0.25) is 0 Å². The zero-order valence-corrected chi connectivity index (χ0v) is 17.5. The van der Waals surface area contributed by atoms with Crippen LogP contribution in [-0.2, 0) is 0 Å². The maximum atomic E-state index is 10.8. The van der Waals surface area contributed by atoms with Gasteiger partial charge in [0.2, 0.25) is 5.16 Å². The molecule has 4 rings (SSSR count). The summed E-state index contributed by atoms with van der Waals surface area (Å²) in [4.78, 5) is 7.50. The van der Waals surface area contributed by atoms with Crippen molar-refractivity contribution < 1.29 is 5.11 Å². The van der Waals surface area contributed by atoms with Gasteiger partial charge in [0.25, 0.3) is 0 Å². The number of nitrogens with one attached hydrogen (secondary N) is 1. The number of nitriles is 1. The molecular formula is C21H19N7OS. The van der Waals surface area contributed by atoms with Crippen molar-refractivity contribution in [1.29, 1.82) is 5.26 Å². The molecule has 9 heteroatoms. The Labute approximate surface area is 177 Å². The lowest BCUT2D eigenvalue weighted by atomic mass is 10.1. The van der Waals surface area contributed by atoms with Gasteiger partial charge in [-0.05, 0) is 66.6 Å². The van der Waals surface area contributed by atoms with Gasteiger partial charge >= 0.3 is 0 Å². The number of hydrogen-bond donors (Lipinski definition) is 2. The summed E-state index contributed by atoms with van der Waals surface area (Å²) in [6.07, 6.45) is 0. The van der Waals surface area contributed by atoms with Crippen LogP contribution in [0.3, 0.4) is 0 Å². The van der Waals surface area contributed by atoms with Crippen LogP contribution in [-0.4, -0.2) is 40.5 Å². The minimum absolute atomic E-state index is 0.0865. The molecule has 0 radical (unpaired) electrons. The lowest BCUT2D eigenvalue weighted by molar-refractivity contribution is 0.401. The maximum Gasteiger partial charge on any atom is 0.214 e. The Bertz CT molecular complexity index is 1240. The van der Waals surface area contributed by atoms with Crippen molar-refractivity contribution >= 4 is 28.4 Å². The lowest BCUT2D eigenvalue weighted by Gasteiger charge is -2.12. The number of fused-ring (bicyclic) bond motifs is 1. The molecule has 1 atom stereocenters. The van der Waals surface area contributed by atoms with E-state index >= 15 is 0 Å². The number of nitrogens with zero attached hydrogens (tertiary/aromatic N) is 6. The van der Waals surface area contributed by atoms with Crippen molar-refractivity contribution in [3.05, 3.63) is 65.2 Å². The van der Waals surface area contributed by atoms with Crippen molar-refractivity contribution in [3.63, 3.8) is 0 Å². The number of rotatable bonds is 5. The Morgan fingerprint density at radius 1 is 1.20 bits per heavy atom. The van der Waals surface area contributed by atoms with Crippen LogP contribution in [0.5, 0.6) is 0 Å². The minimum atomic E-state index is -0.469. The smallest absolute Gasteiger partial charge is 0.214 e. The van der Waals surface area contributed by atoms with Crippen LogP contribution in [0.1, 0.15) is 23.9 Å². The number of benzene rings is 2. The molecule has 0 saturated heterocycles. The summed E-state index contributed by atoms with van der Waals surface area (Å²) in [6.45, 7) is 5.81. The van der Waals surface area contributed by atoms with Crippen molar-refractivity contribution in [3.8, 4) is 11.8 Å². The number of aromatic amines is 1. The molecule has 0 aliphatic carbocycles. The average molecular weight is 417 g/mol. The number of hydrogen-bond acceptors (Lipinski definition) is 7. The third-order valence-corrected chi connectivity index (χ3v) is 5.60. The number of H-pyrrole nitrogens is 1. The van der Waals surface area contributed by atoms with Crippen LogP contribution in [0.15, 0.2) is 53.4 Å². The van der Waals surface area contributed by atoms with E-state index in [2.05, 4.69) is 37.6 Å². The summed E-state index contributed by atoms with van der Waals surface area (Å²) in [5, 5.41) is 32.5. The van der Waals surface area contributed by atoms with Crippen LogP contribution in [0.4, 0.5) is 0 Å². The number of aliphatic hydroxyl groups is 1. The largest absolute Gasteiger partial charge is 0.510 e. The fraction of sp³-hybridized carbons (Fsp3) is 0.190. The molecule has 0 spiro atoms. The summed E-state index contributed by atoms with van der Waals surface area (Å²) < 4.78 is 1.63. The normalized spacial score (nSPS) is 13.1. The van der Waals surface area contributed by atoms with E-state index in [1.54, 1.807) is 11.6 Å². The molecule has 0 bridgehead atoms. The molecule has 8 nitrogen and oxygen atoms in total. The van der Waals surface area contributed by atoms with E-state index < -0.39 is 5.25 Å². The molecule has 30 heavy (non-hydrogen) atoms. The maximum absolute atomic E-state index is 10.8. The molecule has 150 valence electrons. The predicted molar refractivity (Wildman–Crippen MR) is 115 cm³/mol. The second-order valence-electron chi connectivity index (χ2n) is 6.95. The third kappa shape index (κ3) is 3.77. The molecule has 0 aliphatic heterocycles. The van der Waals surface area contributed by atoms with E-state index in [9.17, 15) is 10.4 Å². The molecule has 2 aromatic carbocycles. The van der Waals surface area contributed by atoms with Crippen molar-refractivity contribution in [2.24, 2.45) is 0 Å². The fourth-order valence-corrected chi connectivity index (χ4v) is 4.08. The van der Waals surface area contributed by atoms with Gasteiger partial charge in [-0.1, -0.05) is 30.0 Å². The van der Waals surface area contributed by atoms with Crippen molar-refractivity contribution in [1.82, 2.24) is 30.2 Å². The van der Waals surface area contributed by atoms with E-state index in [1.165, 1.54) is 11.8 Å². The summed E-state index contributed by atoms with van der Waals surface area (Å²) in [5.41, 5.74) is 4.66. The first-order valence-corrected chi connectivity index (χ1v) is 10.2. The van der Waals surface area contributed by atoms with Crippen molar-refractivity contribution in [2.45, 2.75) is 31.2 Å². The number of thioether (sulfide) groups is 1. The van der Waals surface area contributed by atoms with E-state index in [0.717, 1.165) is 27.8 Å². The quantitative estimate of drug-likeness (QED) is 0.285. The van der Waals surface area contributed by atoms with Gasteiger partial charge in [0.1, 0.15) is 17.4 Å². The number of aryl methyl sites for hydroxylation is 2. The lowest BCUT2D eigenvalue weighted by Crippen LogP contribution is -2.08. The molecule has 4 aromatic rings. The summed E-state index contributed by atoms with van der Waals surface area (Å²) in [5.74, 6) is 0.245. The molecular weight excluding hydrogens is 398 g/mol. The van der Waals surface area contributed by atoms with Crippen molar-refractivity contribution in [2.75, 3.05) is 0 Å². The zero-order chi connectivity index (χ0) is 21.3. The first-order chi connectivity index (χ1) is 14.5. The van der Waals surface area contributed by atoms with Gasteiger partial charge < -0.3 is 10.1 Å². The molecule has 2 N–H and O–H groups in total. The Kier molecular flexibility index (Phi) is 5.25. The number of para-hydroxylation sites is 2. The van der Waals surface area contributed by atoms with E-state index in [4.69, 9.17) is 0 Å².